The number of carbonyl (C=O) groups excluding carboxylic acids is 2. The lowest BCUT2D eigenvalue weighted by atomic mass is 10.1. The van der Waals surface area contributed by atoms with Crippen molar-refractivity contribution in [3.63, 3.8) is 0 Å². The fourth-order valence-electron chi connectivity index (χ4n) is 2.83. The lowest BCUT2D eigenvalue weighted by Crippen LogP contribution is -2.40. The average molecular weight is 366 g/mol. The molecule has 2 aromatic rings. The molecule has 1 aliphatic rings. The van der Waals surface area contributed by atoms with Crippen LogP contribution in [0.25, 0.3) is 6.08 Å². The summed E-state index contributed by atoms with van der Waals surface area (Å²) in [5, 5.41) is 2.79. The summed E-state index contributed by atoms with van der Waals surface area (Å²) < 4.78 is 10.5. The summed E-state index contributed by atoms with van der Waals surface area (Å²) in [5.74, 6) is 0.357. The van der Waals surface area contributed by atoms with E-state index < -0.39 is 0 Å². The number of methoxy groups -OCH3 is 1. The van der Waals surface area contributed by atoms with Gasteiger partial charge in [0.2, 0.25) is 5.91 Å². The Balaban J connectivity index is 1.66. The molecule has 0 aromatic heterocycles. The van der Waals surface area contributed by atoms with Gasteiger partial charge in [0.15, 0.2) is 0 Å². The molecule has 0 spiro atoms. The van der Waals surface area contributed by atoms with Crippen LogP contribution < -0.4 is 10.1 Å². The van der Waals surface area contributed by atoms with Gasteiger partial charge >= 0.3 is 0 Å². The van der Waals surface area contributed by atoms with Crippen LogP contribution in [0.1, 0.15) is 15.9 Å². The van der Waals surface area contributed by atoms with E-state index in [4.69, 9.17) is 9.47 Å². The van der Waals surface area contributed by atoms with Gasteiger partial charge in [-0.1, -0.05) is 24.3 Å². The molecular formula is C21H22N2O4. The Hall–Kier alpha value is -3.12. The fraction of sp³-hybridized carbons (Fsp3) is 0.238. The number of ether oxygens (including phenoxy) is 2. The number of hydrogen-bond acceptors (Lipinski definition) is 4. The highest BCUT2D eigenvalue weighted by Gasteiger charge is 2.18. The van der Waals surface area contributed by atoms with Crippen LogP contribution in [-0.4, -0.2) is 50.1 Å². The summed E-state index contributed by atoms with van der Waals surface area (Å²) in [5.41, 5.74) is 1.93. The molecule has 0 unspecified atom stereocenters. The molecule has 6 heteroatoms. The Morgan fingerprint density at radius 2 is 1.89 bits per heavy atom. The van der Waals surface area contributed by atoms with Gasteiger partial charge in [-0.25, -0.2) is 0 Å². The van der Waals surface area contributed by atoms with Crippen LogP contribution in [0, 0.1) is 0 Å². The first-order valence-corrected chi connectivity index (χ1v) is 8.76. The van der Waals surface area contributed by atoms with E-state index in [0.717, 1.165) is 5.56 Å². The van der Waals surface area contributed by atoms with Crippen molar-refractivity contribution in [2.45, 2.75) is 0 Å². The van der Waals surface area contributed by atoms with Crippen molar-refractivity contribution in [1.29, 1.82) is 0 Å². The number of anilines is 1. The van der Waals surface area contributed by atoms with Crippen LogP contribution in [0.4, 0.5) is 5.69 Å². The summed E-state index contributed by atoms with van der Waals surface area (Å²) in [4.78, 5) is 26.5. The zero-order valence-electron chi connectivity index (χ0n) is 15.2. The van der Waals surface area contributed by atoms with Gasteiger partial charge in [0, 0.05) is 36.0 Å². The Bertz CT molecular complexity index is 842. The molecule has 0 saturated carbocycles. The third-order valence-electron chi connectivity index (χ3n) is 4.23. The maximum Gasteiger partial charge on any atom is 0.254 e. The maximum absolute atomic E-state index is 12.5. The highest BCUT2D eigenvalue weighted by molar-refractivity contribution is 6.03. The fourth-order valence-corrected chi connectivity index (χ4v) is 2.83. The second-order valence-corrected chi connectivity index (χ2v) is 6.05. The Kier molecular flexibility index (Phi) is 6.22. The molecule has 1 aliphatic heterocycles. The zero-order chi connectivity index (χ0) is 19.1. The number of nitrogens with zero attached hydrogens (tertiary/aromatic N) is 1. The van der Waals surface area contributed by atoms with Crippen LogP contribution in [-0.2, 0) is 9.53 Å². The van der Waals surface area contributed by atoms with Gasteiger partial charge in [-0.2, -0.15) is 0 Å². The summed E-state index contributed by atoms with van der Waals surface area (Å²) >= 11 is 0. The van der Waals surface area contributed by atoms with Crippen LogP contribution in [0.2, 0.25) is 0 Å². The summed E-state index contributed by atoms with van der Waals surface area (Å²) in [7, 11) is 1.59. The largest absolute Gasteiger partial charge is 0.496 e. The minimum absolute atomic E-state index is 0.0565. The zero-order valence-corrected chi connectivity index (χ0v) is 15.2. The topological polar surface area (TPSA) is 67.9 Å². The highest BCUT2D eigenvalue weighted by atomic mass is 16.5. The van der Waals surface area contributed by atoms with Gasteiger partial charge in [-0.05, 0) is 30.3 Å². The van der Waals surface area contributed by atoms with Gasteiger partial charge in [0.05, 0.1) is 20.3 Å². The van der Waals surface area contributed by atoms with E-state index in [9.17, 15) is 9.59 Å². The monoisotopic (exact) mass is 366 g/mol. The number of amides is 2. The van der Waals surface area contributed by atoms with Crippen LogP contribution in [0.15, 0.2) is 54.6 Å². The quantitative estimate of drug-likeness (QED) is 0.827. The van der Waals surface area contributed by atoms with Crippen LogP contribution in [0.3, 0.4) is 0 Å². The molecule has 0 bridgehead atoms. The smallest absolute Gasteiger partial charge is 0.254 e. The van der Waals surface area contributed by atoms with E-state index in [1.54, 1.807) is 42.4 Å². The Morgan fingerprint density at radius 3 is 2.67 bits per heavy atom. The van der Waals surface area contributed by atoms with Crippen LogP contribution in [0.5, 0.6) is 5.75 Å². The molecule has 1 N–H and O–H groups in total. The van der Waals surface area contributed by atoms with Gasteiger partial charge in [-0.3, -0.25) is 9.59 Å². The van der Waals surface area contributed by atoms with E-state index in [0.29, 0.717) is 43.3 Å². The number of carbonyl (C=O) groups is 2. The molecule has 1 saturated heterocycles. The number of hydrogen-bond donors (Lipinski definition) is 1. The molecule has 0 radical (unpaired) electrons. The second kappa shape index (κ2) is 9.00. The predicted molar refractivity (Wildman–Crippen MR) is 104 cm³/mol. The first-order chi connectivity index (χ1) is 13.2. The summed E-state index contributed by atoms with van der Waals surface area (Å²) in [6.07, 6.45) is 3.13. The highest BCUT2D eigenvalue weighted by Crippen LogP contribution is 2.19. The first-order valence-electron chi connectivity index (χ1n) is 8.76. The predicted octanol–water partition coefficient (Wildman–Crippen LogP) is 2.82. The third kappa shape index (κ3) is 4.95. The van der Waals surface area contributed by atoms with Crippen molar-refractivity contribution in [2.24, 2.45) is 0 Å². The van der Waals surface area contributed by atoms with Crippen molar-refractivity contribution in [1.82, 2.24) is 4.90 Å². The lowest BCUT2D eigenvalue weighted by Gasteiger charge is -2.27. The molecule has 1 heterocycles. The Labute approximate surface area is 158 Å². The second-order valence-electron chi connectivity index (χ2n) is 6.05. The van der Waals surface area contributed by atoms with Crippen LogP contribution >= 0.6 is 0 Å². The normalized spacial score (nSPS) is 14.2. The van der Waals surface area contributed by atoms with Crippen molar-refractivity contribution >= 4 is 23.6 Å². The number of rotatable bonds is 5. The van der Waals surface area contributed by atoms with E-state index in [-0.39, 0.29) is 11.8 Å². The molecule has 0 aliphatic carbocycles. The number of nitrogens with one attached hydrogen (secondary N) is 1. The first kappa shape index (κ1) is 18.7. The molecule has 1 fully saturated rings. The standard InChI is InChI=1S/C21H22N2O4/c1-26-19-8-3-2-5-16(19)9-10-20(24)22-18-7-4-6-17(15-18)21(25)23-11-13-27-14-12-23/h2-10,15H,11-14H2,1H3,(H,22,24)/b10-9+. The molecule has 2 aromatic carbocycles. The van der Waals surface area contributed by atoms with Crippen molar-refractivity contribution in [3.8, 4) is 5.75 Å². The van der Waals surface area contributed by atoms with Gasteiger partial charge in [-0.15, -0.1) is 0 Å². The molecule has 27 heavy (non-hydrogen) atoms. The van der Waals surface area contributed by atoms with E-state index in [1.165, 1.54) is 6.08 Å². The number of morpholine rings is 1. The molecule has 2 amide bonds. The van der Waals surface area contributed by atoms with Gasteiger partial charge in [0.25, 0.3) is 5.91 Å². The average Bonchev–Trinajstić information content (AvgIpc) is 2.72. The van der Waals surface area contributed by atoms with Crippen molar-refractivity contribution < 1.29 is 19.1 Å². The molecule has 6 nitrogen and oxygen atoms in total. The minimum atomic E-state index is -0.281. The van der Waals surface area contributed by atoms with E-state index >= 15 is 0 Å². The van der Waals surface area contributed by atoms with Crippen molar-refractivity contribution in [2.75, 3.05) is 38.7 Å². The molecule has 3 rings (SSSR count). The Morgan fingerprint density at radius 1 is 1.11 bits per heavy atom. The summed E-state index contributed by atoms with van der Waals surface area (Å²) in [6, 6.07) is 14.4. The van der Waals surface area contributed by atoms with Gasteiger partial charge < -0.3 is 19.7 Å². The van der Waals surface area contributed by atoms with Crippen molar-refractivity contribution in [3.05, 3.63) is 65.7 Å². The van der Waals surface area contributed by atoms with Gasteiger partial charge in [0.1, 0.15) is 5.75 Å². The molecular weight excluding hydrogens is 344 g/mol. The van der Waals surface area contributed by atoms with E-state index in [1.807, 2.05) is 24.3 Å². The minimum Gasteiger partial charge on any atom is -0.496 e. The summed E-state index contributed by atoms with van der Waals surface area (Å²) in [6.45, 7) is 2.26. The molecule has 0 atom stereocenters. The third-order valence-corrected chi connectivity index (χ3v) is 4.23. The lowest BCUT2D eigenvalue weighted by molar-refractivity contribution is -0.111. The van der Waals surface area contributed by atoms with E-state index in [2.05, 4.69) is 5.32 Å². The SMILES string of the molecule is COc1ccccc1/C=C/C(=O)Nc1cccc(C(=O)N2CCOCC2)c1. The molecule has 140 valence electrons. The maximum atomic E-state index is 12.5. The number of benzene rings is 2. The number of para-hydroxylation sites is 1.